The van der Waals surface area contributed by atoms with Crippen LogP contribution in [0.3, 0.4) is 0 Å². The molecule has 4 nitrogen and oxygen atoms in total. The molecule has 0 saturated carbocycles. The van der Waals surface area contributed by atoms with Crippen molar-refractivity contribution in [1.29, 1.82) is 0 Å². The summed E-state index contributed by atoms with van der Waals surface area (Å²) in [5.74, 6) is -1.02. The minimum absolute atomic E-state index is 0.0819. The van der Waals surface area contributed by atoms with Gasteiger partial charge < -0.3 is 10.6 Å². The van der Waals surface area contributed by atoms with E-state index in [0.717, 1.165) is 5.56 Å². The van der Waals surface area contributed by atoms with E-state index in [-0.39, 0.29) is 37.1 Å². The van der Waals surface area contributed by atoms with E-state index in [1.54, 1.807) is 42.5 Å². The van der Waals surface area contributed by atoms with Crippen LogP contribution in [0.1, 0.15) is 11.1 Å². The van der Waals surface area contributed by atoms with Crippen molar-refractivity contribution in [3.63, 3.8) is 0 Å². The van der Waals surface area contributed by atoms with Crippen LogP contribution < -0.4 is 10.6 Å². The van der Waals surface area contributed by atoms with Crippen LogP contribution in [-0.2, 0) is 22.6 Å². The van der Waals surface area contributed by atoms with Gasteiger partial charge >= 0.3 is 0 Å². The summed E-state index contributed by atoms with van der Waals surface area (Å²) in [6, 6.07) is 13.1. The Morgan fingerprint density at radius 3 is 2.35 bits per heavy atom. The third-order valence-electron chi connectivity index (χ3n) is 3.16. The largest absolute Gasteiger partial charge is 0.350 e. The summed E-state index contributed by atoms with van der Waals surface area (Å²) in [7, 11) is 0. The number of amides is 2. The van der Waals surface area contributed by atoms with E-state index in [0.29, 0.717) is 10.6 Å². The van der Waals surface area contributed by atoms with Crippen LogP contribution in [0.25, 0.3) is 0 Å². The molecule has 0 bridgehead atoms. The lowest BCUT2D eigenvalue weighted by molar-refractivity contribution is -0.125. The standard InChI is InChI=1S/C17H16ClFN2O2/c18-14-7-5-12(6-8-14)9-16(22)21-11-17(23)20-10-13-3-1-2-4-15(13)19/h1-8H,9-11H2,(H,20,23)(H,21,22). The molecule has 6 heteroatoms. The van der Waals surface area contributed by atoms with Crippen molar-refractivity contribution in [2.45, 2.75) is 13.0 Å². The van der Waals surface area contributed by atoms with Gasteiger partial charge in [-0.1, -0.05) is 41.9 Å². The topological polar surface area (TPSA) is 58.2 Å². The maximum Gasteiger partial charge on any atom is 0.239 e. The first-order valence-corrected chi connectivity index (χ1v) is 7.43. The molecule has 0 aliphatic heterocycles. The van der Waals surface area contributed by atoms with Gasteiger partial charge in [0.2, 0.25) is 11.8 Å². The van der Waals surface area contributed by atoms with Gasteiger partial charge in [0.15, 0.2) is 0 Å². The van der Waals surface area contributed by atoms with Gasteiger partial charge in [-0.05, 0) is 23.8 Å². The summed E-state index contributed by atoms with van der Waals surface area (Å²) < 4.78 is 13.4. The fourth-order valence-corrected chi connectivity index (χ4v) is 2.05. The Bertz CT molecular complexity index is 689. The number of halogens is 2. The molecule has 0 saturated heterocycles. The average Bonchev–Trinajstić information content (AvgIpc) is 2.54. The van der Waals surface area contributed by atoms with Crippen LogP contribution in [0.15, 0.2) is 48.5 Å². The van der Waals surface area contributed by atoms with E-state index in [1.807, 2.05) is 0 Å². The molecule has 0 aliphatic carbocycles. The van der Waals surface area contributed by atoms with Crippen molar-refractivity contribution in [2.75, 3.05) is 6.54 Å². The Hall–Kier alpha value is -2.40. The van der Waals surface area contributed by atoms with Crippen molar-refractivity contribution in [3.05, 3.63) is 70.5 Å². The lowest BCUT2D eigenvalue weighted by Gasteiger charge is -2.08. The maximum absolute atomic E-state index is 13.4. The zero-order chi connectivity index (χ0) is 16.7. The minimum atomic E-state index is -0.377. The molecular formula is C17H16ClFN2O2. The third kappa shape index (κ3) is 5.71. The van der Waals surface area contributed by atoms with Crippen LogP contribution in [0.5, 0.6) is 0 Å². The first kappa shape index (κ1) is 17.0. The van der Waals surface area contributed by atoms with E-state index in [1.165, 1.54) is 6.07 Å². The average molecular weight is 335 g/mol. The molecule has 0 aliphatic rings. The van der Waals surface area contributed by atoms with E-state index >= 15 is 0 Å². The van der Waals surface area contributed by atoms with Crippen LogP contribution in [0.4, 0.5) is 4.39 Å². The van der Waals surface area contributed by atoms with Gasteiger partial charge in [-0.3, -0.25) is 9.59 Å². The minimum Gasteiger partial charge on any atom is -0.350 e. The molecule has 0 radical (unpaired) electrons. The zero-order valence-corrected chi connectivity index (χ0v) is 13.1. The Balaban J connectivity index is 1.72. The highest BCUT2D eigenvalue weighted by Gasteiger charge is 2.07. The van der Waals surface area contributed by atoms with E-state index in [9.17, 15) is 14.0 Å². The molecule has 2 rings (SSSR count). The van der Waals surface area contributed by atoms with Gasteiger partial charge in [0.25, 0.3) is 0 Å². The molecule has 0 aromatic heterocycles. The summed E-state index contributed by atoms with van der Waals surface area (Å²) in [6.07, 6.45) is 0.164. The second kappa shape index (κ2) is 8.29. The smallest absolute Gasteiger partial charge is 0.239 e. The van der Waals surface area contributed by atoms with E-state index < -0.39 is 0 Å². The summed E-state index contributed by atoms with van der Waals surface area (Å²) in [5, 5.41) is 5.67. The summed E-state index contributed by atoms with van der Waals surface area (Å²) in [4.78, 5) is 23.4. The van der Waals surface area contributed by atoms with Gasteiger partial charge in [-0.25, -0.2) is 4.39 Å². The third-order valence-corrected chi connectivity index (χ3v) is 3.41. The molecule has 0 atom stereocenters. The lowest BCUT2D eigenvalue weighted by atomic mass is 10.1. The van der Waals surface area contributed by atoms with Gasteiger partial charge in [-0.15, -0.1) is 0 Å². The highest BCUT2D eigenvalue weighted by atomic mass is 35.5. The second-order valence-corrected chi connectivity index (χ2v) is 5.38. The summed E-state index contributed by atoms with van der Waals surface area (Å²) in [5.41, 5.74) is 1.20. The molecule has 23 heavy (non-hydrogen) atoms. The number of nitrogens with one attached hydrogen (secondary N) is 2. The lowest BCUT2D eigenvalue weighted by Crippen LogP contribution is -2.37. The Morgan fingerprint density at radius 2 is 1.65 bits per heavy atom. The molecular weight excluding hydrogens is 319 g/mol. The molecule has 0 spiro atoms. The molecule has 2 N–H and O–H groups in total. The molecule has 120 valence electrons. The molecule has 0 heterocycles. The zero-order valence-electron chi connectivity index (χ0n) is 12.3. The van der Waals surface area contributed by atoms with Gasteiger partial charge in [0, 0.05) is 17.1 Å². The SMILES string of the molecule is O=C(CNC(=O)Cc1ccc(Cl)cc1)NCc1ccccc1F. The van der Waals surface area contributed by atoms with Gasteiger partial charge in [0.05, 0.1) is 13.0 Å². The van der Waals surface area contributed by atoms with Crippen LogP contribution in [0.2, 0.25) is 5.02 Å². The molecule has 2 amide bonds. The summed E-state index contributed by atoms with van der Waals surface area (Å²) in [6.45, 7) is -0.0700. The van der Waals surface area contributed by atoms with E-state index in [4.69, 9.17) is 11.6 Å². The van der Waals surface area contributed by atoms with Crippen LogP contribution in [0, 0.1) is 5.82 Å². The quantitative estimate of drug-likeness (QED) is 0.852. The van der Waals surface area contributed by atoms with Gasteiger partial charge in [0.1, 0.15) is 5.82 Å². The Kier molecular flexibility index (Phi) is 6.11. The van der Waals surface area contributed by atoms with Crippen molar-refractivity contribution in [1.82, 2.24) is 10.6 Å². The number of carbonyl (C=O) groups is 2. The number of hydrogen-bond donors (Lipinski definition) is 2. The molecule has 0 fully saturated rings. The number of hydrogen-bond acceptors (Lipinski definition) is 2. The summed E-state index contributed by atoms with van der Waals surface area (Å²) >= 11 is 5.77. The van der Waals surface area contributed by atoms with Gasteiger partial charge in [-0.2, -0.15) is 0 Å². The van der Waals surface area contributed by atoms with Crippen molar-refractivity contribution in [2.24, 2.45) is 0 Å². The first-order valence-electron chi connectivity index (χ1n) is 7.06. The predicted octanol–water partition coefficient (Wildman–Crippen LogP) is 2.45. The van der Waals surface area contributed by atoms with E-state index in [2.05, 4.69) is 10.6 Å². The fourth-order valence-electron chi connectivity index (χ4n) is 1.93. The Morgan fingerprint density at radius 1 is 0.957 bits per heavy atom. The van der Waals surface area contributed by atoms with Crippen molar-refractivity contribution >= 4 is 23.4 Å². The number of rotatable bonds is 6. The highest BCUT2D eigenvalue weighted by Crippen LogP contribution is 2.09. The fraction of sp³-hybridized carbons (Fsp3) is 0.176. The van der Waals surface area contributed by atoms with Crippen LogP contribution >= 0.6 is 11.6 Å². The number of benzene rings is 2. The first-order chi connectivity index (χ1) is 11.0. The Labute approximate surface area is 138 Å². The highest BCUT2D eigenvalue weighted by molar-refractivity contribution is 6.30. The molecule has 2 aromatic carbocycles. The van der Waals surface area contributed by atoms with Crippen molar-refractivity contribution in [3.8, 4) is 0 Å². The van der Waals surface area contributed by atoms with Crippen molar-refractivity contribution < 1.29 is 14.0 Å². The number of carbonyl (C=O) groups excluding carboxylic acids is 2. The molecule has 0 unspecified atom stereocenters. The second-order valence-electron chi connectivity index (χ2n) is 4.95. The molecule has 2 aromatic rings. The normalized spacial score (nSPS) is 10.2. The van der Waals surface area contributed by atoms with Crippen LogP contribution in [-0.4, -0.2) is 18.4 Å². The monoisotopic (exact) mass is 334 g/mol. The maximum atomic E-state index is 13.4. The predicted molar refractivity (Wildman–Crippen MR) is 86.4 cm³/mol.